The first-order chi connectivity index (χ1) is 11.0. The van der Waals surface area contributed by atoms with Gasteiger partial charge < -0.3 is 9.47 Å². The van der Waals surface area contributed by atoms with Gasteiger partial charge in [-0.2, -0.15) is 0 Å². The van der Waals surface area contributed by atoms with Crippen molar-refractivity contribution < 1.29 is 14.3 Å². The molecular formula is C16H11Cl2NO3S. The highest BCUT2D eigenvalue weighted by molar-refractivity contribution is 7.20. The van der Waals surface area contributed by atoms with E-state index in [1.165, 1.54) is 11.3 Å². The number of carbonyl (C=O) groups is 1. The molecule has 0 aliphatic rings. The van der Waals surface area contributed by atoms with Crippen LogP contribution in [0.1, 0.15) is 6.92 Å². The topological polar surface area (TPSA) is 48.4 Å². The standard InChI is InChI=1S/C16H11Cl2NO3S/c1-9(15(18)20)21-11-3-5-12(6-4-11)22-16-19-13-7-2-10(17)8-14(13)23-16/h2-9H,1H3. The Morgan fingerprint density at radius 3 is 2.57 bits per heavy atom. The van der Waals surface area contributed by atoms with Crippen LogP contribution in [0.3, 0.4) is 0 Å². The van der Waals surface area contributed by atoms with Crippen molar-refractivity contribution >= 4 is 50.0 Å². The molecule has 4 nitrogen and oxygen atoms in total. The van der Waals surface area contributed by atoms with E-state index < -0.39 is 11.3 Å². The summed E-state index contributed by atoms with van der Waals surface area (Å²) < 4.78 is 12.1. The van der Waals surface area contributed by atoms with Crippen LogP contribution >= 0.6 is 34.5 Å². The van der Waals surface area contributed by atoms with Gasteiger partial charge >= 0.3 is 0 Å². The lowest BCUT2D eigenvalue weighted by Gasteiger charge is -2.10. The molecule has 0 spiro atoms. The second-order valence-electron chi connectivity index (χ2n) is 4.73. The first-order valence-electron chi connectivity index (χ1n) is 6.71. The number of carbonyl (C=O) groups excluding carboxylic acids is 1. The van der Waals surface area contributed by atoms with E-state index in [2.05, 4.69) is 4.98 Å². The minimum absolute atomic E-state index is 0.528. The minimum atomic E-state index is -0.697. The quantitative estimate of drug-likeness (QED) is 0.576. The van der Waals surface area contributed by atoms with Crippen molar-refractivity contribution in [3.05, 3.63) is 47.5 Å². The molecule has 0 aliphatic carbocycles. The molecule has 7 heteroatoms. The summed E-state index contributed by atoms with van der Waals surface area (Å²) in [7, 11) is 0. The fourth-order valence-corrected chi connectivity index (χ4v) is 3.01. The average Bonchev–Trinajstić information content (AvgIpc) is 2.90. The van der Waals surface area contributed by atoms with Gasteiger partial charge in [-0.3, -0.25) is 4.79 Å². The number of rotatable bonds is 5. The van der Waals surface area contributed by atoms with Gasteiger partial charge in [-0.15, -0.1) is 0 Å². The highest BCUT2D eigenvalue weighted by Crippen LogP contribution is 2.33. The number of ether oxygens (including phenoxy) is 2. The number of nitrogens with zero attached hydrogens (tertiary/aromatic N) is 1. The fraction of sp³-hybridized carbons (Fsp3) is 0.125. The molecule has 1 heterocycles. The third kappa shape index (κ3) is 3.93. The highest BCUT2D eigenvalue weighted by atomic mass is 35.5. The van der Waals surface area contributed by atoms with Crippen molar-refractivity contribution in [2.24, 2.45) is 0 Å². The molecule has 0 aliphatic heterocycles. The van der Waals surface area contributed by atoms with Crippen LogP contribution in [0, 0.1) is 0 Å². The predicted molar refractivity (Wildman–Crippen MR) is 92.1 cm³/mol. The molecule has 3 rings (SSSR count). The van der Waals surface area contributed by atoms with Gasteiger partial charge in [0.1, 0.15) is 11.5 Å². The Kier molecular flexibility index (Phi) is 4.71. The number of hydrogen-bond donors (Lipinski definition) is 0. The number of halogens is 2. The van der Waals surface area contributed by atoms with Gasteiger partial charge in [0.05, 0.1) is 10.2 Å². The van der Waals surface area contributed by atoms with E-state index >= 15 is 0 Å². The maximum absolute atomic E-state index is 11.0. The Balaban J connectivity index is 1.73. The van der Waals surface area contributed by atoms with Gasteiger partial charge in [0, 0.05) is 5.02 Å². The van der Waals surface area contributed by atoms with Crippen molar-refractivity contribution in [2.45, 2.75) is 13.0 Å². The van der Waals surface area contributed by atoms with Crippen LogP contribution in [0.5, 0.6) is 16.7 Å². The summed E-state index contributed by atoms with van der Waals surface area (Å²) in [5, 5.41) is 0.649. The van der Waals surface area contributed by atoms with Crippen molar-refractivity contribution in [3.8, 4) is 16.7 Å². The van der Waals surface area contributed by atoms with E-state index in [1.54, 1.807) is 37.3 Å². The molecule has 0 fully saturated rings. The van der Waals surface area contributed by atoms with Gasteiger partial charge in [-0.1, -0.05) is 22.9 Å². The summed E-state index contributed by atoms with van der Waals surface area (Å²) in [5.74, 6) is 1.15. The van der Waals surface area contributed by atoms with Gasteiger partial charge in [0.2, 0.25) is 0 Å². The maximum atomic E-state index is 11.0. The summed E-state index contributed by atoms with van der Waals surface area (Å²) in [6, 6.07) is 12.4. The van der Waals surface area contributed by atoms with E-state index in [4.69, 9.17) is 32.7 Å². The SMILES string of the molecule is CC(Oc1ccc(Oc2nc3ccc(Cl)cc3s2)cc1)C(=O)Cl. The second kappa shape index (κ2) is 6.74. The first-order valence-corrected chi connectivity index (χ1v) is 8.28. The van der Waals surface area contributed by atoms with Crippen LogP contribution in [-0.2, 0) is 4.79 Å². The summed E-state index contributed by atoms with van der Waals surface area (Å²) in [6.45, 7) is 1.59. The largest absolute Gasteiger partial charge is 0.482 e. The van der Waals surface area contributed by atoms with Crippen LogP contribution in [0.15, 0.2) is 42.5 Å². The van der Waals surface area contributed by atoms with Crippen LogP contribution in [0.2, 0.25) is 5.02 Å². The minimum Gasteiger partial charge on any atom is -0.482 e. The molecule has 1 atom stereocenters. The maximum Gasteiger partial charge on any atom is 0.279 e. The molecule has 118 valence electrons. The van der Waals surface area contributed by atoms with Crippen molar-refractivity contribution in [1.82, 2.24) is 4.98 Å². The number of aromatic nitrogens is 1. The molecule has 1 unspecified atom stereocenters. The Morgan fingerprint density at radius 1 is 1.17 bits per heavy atom. The summed E-state index contributed by atoms with van der Waals surface area (Å²) in [4.78, 5) is 15.4. The number of fused-ring (bicyclic) bond motifs is 1. The molecule has 0 amide bonds. The molecule has 0 saturated heterocycles. The van der Waals surface area contributed by atoms with E-state index in [-0.39, 0.29) is 0 Å². The predicted octanol–water partition coefficient (Wildman–Crippen LogP) is 5.27. The zero-order chi connectivity index (χ0) is 16.4. The second-order valence-corrected chi connectivity index (χ2v) is 6.53. The highest BCUT2D eigenvalue weighted by Gasteiger charge is 2.12. The molecule has 3 aromatic rings. The van der Waals surface area contributed by atoms with Crippen molar-refractivity contribution in [3.63, 3.8) is 0 Å². The third-order valence-corrected chi connectivity index (χ3v) is 4.43. The third-order valence-electron chi connectivity index (χ3n) is 2.99. The van der Waals surface area contributed by atoms with E-state index in [0.29, 0.717) is 21.7 Å². The van der Waals surface area contributed by atoms with E-state index in [9.17, 15) is 4.79 Å². The number of benzene rings is 2. The summed E-state index contributed by atoms with van der Waals surface area (Å²) in [5.41, 5.74) is 0.837. The Labute approximate surface area is 146 Å². The lowest BCUT2D eigenvalue weighted by Crippen LogP contribution is -2.18. The van der Waals surface area contributed by atoms with Gasteiger partial charge in [0.15, 0.2) is 6.10 Å². The zero-order valence-corrected chi connectivity index (χ0v) is 14.3. The van der Waals surface area contributed by atoms with Crippen LogP contribution in [-0.4, -0.2) is 16.3 Å². The monoisotopic (exact) mass is 367 g/mol. The summed E-state index contributed by atoms with van der Waals surface area (Å²) in [6.07, 6.45) is -0.697. The smallest absolute Gasteiger partial charge is 0.279 e. The lowest BCUT2D eigenvalue weighted by molar-refractivity contribution is -0.117. The van der Waals surface area contributed by atoms with Crippen molar-refractivity contribution in [1.29, 1.82) is 0 Å². The average molecular weight is 368 g/mol. The Hall–Kier alpha value is -1.82. The van der Waals surface area contributed by atoms with E-state index in [0.717, 1.165) is 10.2 Å². The molecule has 1 aromatic heterocycles. The molecule has 0 bridgehead atoms. The molecular weight excluding hydrogens is 357 g/mol. The lowest BCUT2D eigenvalue weighted by atomic mass is 10.3. The molecule has 2 aromatic carbocycles. The van der Waals surface area contributed by atoms with Crippen molar-refractivity contribution in [2.75, 3.05) is 0 Å². The van der Waals surface area contributed by atoms with E-state index in [1.807, 2.05) is 12.1 Å². The molecule has 23 heavy (non-hydrogen) atoms. The van der Waals surface area contributed by atoms with Crippen LogP contribution in [0.25, 0.3) is 10.2 Å². The van der Waals surface area contributed by atoms with Crippen LogP contribution < -0.4 is 9.47 Å². The molecule has 0 saturated carbocycles. The number of thiazole rings is 1. The van der Waals surface area contributed by atoms with Gasteiger partial charge in [-0.25, -0.2) is 4.98 Å². The molecule has 0 N–H and O–H groups in total. The van der Waals surface area contributed by atoms with Gasteiger partial charge in [0.25, 0.3) is 10.4 Å². The van der Waals surface area contributed by atoms with Gasteiger partial charge in [-0.05, 0) is 61.0 Å². The fourth-order valence-electron chi connectivity index (χ4n) is 1.86. The zero-order valence-electron chi connectivity index (χ0n) is 12.0. The Bertz CT molecular complexity index is 848. The first kappa shape index (κ1) is 16.1. The molecule has 0 radical (unpaired) electrons. The number of hydrogen-bond acceptors (Lipinski definition) is 5. The normalized spacial score (nSPS) is 12.1. The van der Waals surface area contributed by atoms with Crippen LogP contribution in [0.4, 0.5) is 0 Å². The summed E-state index contributed by atoms with van der Waals surface area (Å²) >= 11 is 12.7. The Morgan fingerprint density at radius 2 is 1.87 bits per heavy atom.